The van der Waals surface area contributed by atoms with Gasteiger partial charge in [0.15, 0.2) is 11.6 Å². The number of hydrogen-bond donors (Lipinski definition) is 1. The molecule has 1 fully saturated rings. The molecule has 23 heavy (non-hydrogen) atoms. The third kappa shape index (κ3) is 3.80. The fourth-order valence-corrected chi connectivity index (χ4v) is 4.08. The highest BCUT2D eigenvalue weighted by molar-refractivity contribution is 7.90. The smallest absolute Gasteiger partial charge is 0.219 e. The van der Waals surface area contributed by atoms with Crippen LogP contribution in [0.4, 0.5) is 10.2 Å². The third-order valence-electron chi connectivity index (χ3n) is 4.04. The van der Waals surface area contributed by atoms with Crippen LogP contribution in [0.15, 0.2) is 0 Å². The van der Waals surface area contributed by atoms with Crippen molar-refractivity contribution in [3.05, 3.63) is 17.3 Å². The van der Waals surface area contributed by atoms with Crippen molar-refractivity contribution in [2.24, 2.45) is 0 Å². The van der Waals surface area contributed by atoms with Gasteiger partial charge in [0, 0.05) is 19.1 Å². The first-order valence-corrected chi connectivity index (χ1v) is 9.23. The van der Waals surface area contributed by atoms with E-state index in [0.717, 1.165) is 0 Å². The van der Waals surface area contributed by atoms with Gasteiger partial charge in [0.2, 0.25) is 10.0 Å². The number of nitrogens with zero attached hydrogens (tertiary/aromatic N) is 3. The number of aryl methyl sites for hydroxylation is 2. The van der Waals surface area contributed by atoms with Crippen LogP contribution in [-0.2, 0) is 10.0 Å². The van der Waals surface area contributed by atoms with Crippen molar-refractivity contribution in [2.75, 3.05) is 18.4 Å². The Morgan fingerprint density at radius 1 is 1.17 bits per heavy atom. The first-order valence-electron chi connectivity index (χ1n) is 7.79. The summed E-state index contributed by atoms with van der Waals surface area (Å²) in [5, 5.41) is 3.09. The van der Waals surface area contributed by atoms with E-state index in [1.807, 2.05) is 0 Å². The Morgan fingerprint density at radius 3 is 2.26 bits per heavy atom. The molecule has 0 aromatic carbocycles. The van der Waals surface area contributed by atoms with Gasteiger partial charge in [0.1, 0.15) is 5.82 Å². The van der Waals surface area contributed by atoms with E-state index in [2.05, 4.69) is 15.3 Å². The summed E-state index contributed by atoms with van der Waals surface area (Å²) in [5.41, 5.74) is 0.313. The van der Waals surface area contributed by atoms with Gasteiger partial charge in [-0.15, -0.1) is 0 Å². The van der Waals surface area contributed by atoms with Gasteiger partial charge in [-0.25, -0.2) is 27.1 Å². The van der Waals surface area contributed by atoms with Gasteiger partial charge >= 0.3 is 0 Å². The van der Waals surface area contributed by atoms with Crippen LogP contribution in [0.5, 0.6) is 0 Å². The number of sulfonamides is 1. The van der Waals surface area contributed by atoms with Gasteiger partial charge in [0.25, 0.3) is 0 Å². The maximum atomic E-state index is 14.1. The van der Waals surface area contributed by atoms with Gasteiger partial charge in [-0.1, -0.05) is 0 Å². The average molecular weight is 344 g/mol. The zero-order valence-electron chi connectivity index (χ0n) is 14.4. The predicted octanol–water partition coefficient (Wildman–Crippen LogP) is 2.24. The molecule has 2 rings (SSSR count). The van der Waals surface area contributed by atoms with Crippen LogP contribution in [0.25, 0.3) is 0 Å². The highest BCUT2D eigenvalue weighted by Crippen LogP contribution is 2.25. The largest absolute Gasteiger partial charge is 0.365 e. The third-order valence-corrected chi connectivity index (χ3v) is 6.63. The number of hydrogen-bond acceptors (Lipinski definition) is 5. The molecule has 8 heteroatoms. The molecular formula is C15H25FN4O2S. The summed E-state index contributed by atoms with van der Waals surface area (Å²) < 4.78 is 39.7. The molecule has 0 amide bonds. The van der Waals surface area contributed by atoms with Crippen molar-refractivity contribution >= 4 is 15.8 Å². The molecule has 0 aliphatic carbocycles. The molecule has 2 heterocycles. The van der Waals surface area contributed by atoms with Gasteiger partial charge in [-0.3, -0.25) is 0 Å². The van der Waals surface area contributed by atoms with Crippen LogP contribution in [0.1, 0.15) is 45.1 Å². The Hall–Kier alpha value is -1.28. The van der Waals surface area contributed by atoms with E-state index in [1.165, 1.54) is 4.31 Å². The van der Waals surface area contributed by atoms with Gasteiger partial charge in [-0.05, 0) is 47.5 Å². The Kier molecular flexibility index (Phi) is 4.96. The summed E-state index contributed by atoms with van der Waals surface area (Å²) in [6.45, 7) is 9.30. The van der Waals surface area contributed by atoms with Crippen molar-refractivity contribution < 1.29 is 12.8 Å². The van der Waals surface area contributed by atoms with Crippen molar-refractivity contribution in [1.29, 1.82) is 0 Å². The van der Waals surface area contributed by atoms with E-state index in [9.17, 15) is 12.8 Å². The Labute approximate surface area is 137 Å². The standard InChI is InChI=1S/C15H25FN4O2S/c1-10-13(16)14(18-11(2)17-10)19-12-6-8-20(9-7-12)23(21,22)15(3,4)5/h12H,6-9H2,1-5H3,(H,17,18,19). The molecule has 1 aliphatic heterocycles. The first-order chi connectivity index (χ1) is 10.5. The normalized spacial score (nSPS) is 18.2. The number of rotatable bonds is 3. The molecule has 1 aliphatic rings. The number of anilines is 1. The Balaban J connectivity index is 2.04. The van der Waals surface area contributed by atoms with E-state index in [1.54, 1.807) is 34.6 Å². The SMILES string of the molecule is Cc1nc(C)c(F)c(NC2CCN(S(=O)(=O)C(C)(C)C)CC2)n1. The van der Waals surface area contributed by atoms with Crippen LogP contribution < -0.4 is 5.32 Å². The summed E-state index contributed by atoms with van der Waals surface area (Å²) in [6, 6.07) is 0.00428. The summed E-state index contributed by atoms with van der Waals surface area (Å²) in [6.07, 6.45) is 1.24. The molecule has 0 bridgehead atoms. The van der Waals surface area contributed by atoms with Gasteiger partial charge < -0.3 is 5.32 Å². The van der Waals surface area contributed by atoms with Crippen molar-refractivity contribution in [3.8, 4) is 0 Å². The van der Waals surface area contributed by atoms with E-state index < -0.39 is 20.6 Å². The van der Waals surface area contributed by atoms with Crippen molar-refractivity contribution in [3.63, 3.8) is 0 Å². The molecule has 0 saturated carbocycles. The summed E-state index contributed by atoms with van der Waals surface area (Å²) in [5.74, 6) is 0.270. The minimum atomic E-state index is -3.31. The highest BCUT2D eigenvalue weighted by Gasteiger charge is 2.37. The van der Waals surface area contributed by atoms with E-state index in [4.69, 9.17) is 0 Å². The van der Waals surface area contributed by atoms with Crippen molar-refractivity contribution in [1.82, 2.24) is 14.3 Å². The molecule has 1 N–H and O–H groups in total. The van der Waals surface area contributed by atoms with Crippen LogP contribution in [0, 0.1) is 19.7 Å². The molecule has 0 radical (unpaired) electrons. The monoisotopic (exact) mass is 344 g/mol. The topological polar surface area (TPSA) is 75.2 Å². The zero-order chi connectivity index (χ0) is 17.4. The minimum Gasteiger partial charge on any atom is -0.365 e. The van der Waals surface area contributed by atoms with E-state index in [0.29, 0.717) is 37.4 Å². The number of piperidine rings is 1. The number of aromatic nitrogens is 2. The molecule has 6 nitrogen and oxygen atoms in total. The van der Waals surface area contributed by atoms with Crippen LogP contribution >= 0.6 is 0 Å². The fourth-order valence-electron chi connectivity index (χ4n) is 2.62. The molecule has 130 valence electrons. The van der Waals surface area contributed by atoms with Crippen molar-refractivity contribution in [2.45, 2.75) is 58.2 Å². The van der Waals surface area contributed by atoms with E-state index in [-0.39, 0.29) is 11.9 Å². The Morgan fingerprint density at radius 2 is 1.74 bits per heavy atom. The minimum absolute atomic E-state index is 0.00428. The summed E-state index contributed by atoms with van der Waals surface area (Å²) in [4.78, 5) is 8.09. The second kappa shape index (κ2) is 6.32. The fraction of sp³-hybridized carbons (Fsp3) is 0.733. The number of nitrogens with one attached hydrogen (secondary N) is 1. The maximum Gasteiger partial charge on any atom is 0.219 e. The molecule has 1 aromatic heterocycles. The van der Waals surface area contributed by atoms with Gasteiger partial charge in [0.05, 0.1) is 10.4 Å². The molecule has 0 atom stereocenters. The second-order valence-electron chi connectivity index (χ2n) is 6.95. The maximum absolute atomic E-state index is 14.1. The lowest BCUT2D eigenvalue weighted by atomic mass is 10.1. The zero-order valence-corrected chi connectivity index (χ0v) is 15.2. The highest BCUT2D eigenvalue weighted by atomic mass is 32.2. The lowest BCUT2D eigenvalue weighted by Gasteiger charge is -2.35. The van der Waals surface area contributed by atoms with Gasteiger partial charge in [-0.2, -0.15) is 0 Å². The van der Waals surface area contributed by atoms with Crippen LogP contribution in [0.2, 0.25) is 0 Å². The van der Waals surface area contributed by atoms with E-state index >= 15 is 0 Å². The molecule has 1 saturated heterocycles. The lowest BCUT2D eigenvalue weighted by molar-refractivity contribution is 0.320. The summed E-state index contributed by atoms with van der Waals surface area (Å²) >= 11 is 0. The number of halogens is 1. The predicted molar refractivity (Wildman–Crippen MR) is 88.4 cm³/mol. The average Bonchev–Trinajstić information content (AvgIpc) is 2.43. The molecule has 0 unspecified atom stereocenters. The molecule has 1 aromatic rings. The first kappa shape index (κ1) is 18.1. The molecular weight excluding hydrogens is 319 g/mol. The second-order valence-corrected chi connectivity index (χ2v) is 9.65. The lowest BCUT2D eigenvalue weighted by Crippen LogP contribution is -2.48. The van der Waals surface area contributed by atoms with Crippen LogP contribution in [-0.4, -0.2) is 46.6 Å². The quantitative estimate of drug-likeness (QED) is 0.910. The summed E-state index contributed by atoms with van der Waals surface area (Å²) in [7, 11) is -3.31. The Bertz CT molecular complexity index is 677. The molecule has 0 spiro atoms. The van der Waals surface area contributed by atoms with Crippen LogP contribution in [0.3, 0.4) is 0 Å².